The van der Waals surface area contributed by atoms with E-state index in [4.69, 9.17) is 23.2 Å². The smallest absolute Gasteiger partial charge is 0.191 e. The lowest BCUT2D eigenvalue weighted by Gasteiger charge is -2.19. The predicted molar refractivity (Wildman–Crippen MR) is 96.2 cm³/mol. The lowest BCUT2D eigenvalue weighted by molar-refractivity contribution is 0.617. The molecule has 1 aromatic carbocycles. The van der Waals surface area contributed by atoms with Gasteiger partial charge in [-0.1, -0.05) is 29.3 Å². The Kier molecular flexibility index (Phi) is 6.74. The van der Waals surface area contributed by atoms with Gasteiger partial charge in [-0.3, -0.25) is 9.67 Å². The summed E-state index contributed by atoms with van der Waals surface area (Å²) in [4.78, 5) is 4.57. The van der Waals surface area contributed by atoms with Crippen molar-refractivity contribution in [1.29, 1.82) is 0 Å². The van der Waals surface area contributed by atoms with E-state index < -0.39 is 0 Å². The van der Waals surface area contributed by atoms with Gasteiger partial charge in [-0.25, -0.2) is 0 Å². The molecule has 0 radical (unpaired) electrons. The van der Waals surface area contributed by atoms with Gasteiger partial charge in [0, 0.05) is 29.0 Å². The fourth-order valence-corrected chi connectivity index (χ4v) is 2.72. The van der Waals surface area contributed by atoms with Crippen LogP contribution in [-0.4, -0.2) is 28.8 Å². The Labute approximate surface area is 146 Å². The molecule has 2 aromatic rings. The Morgan fingerprint density at radius 2 is 2.22 bits per heavy atom. The Bertz CT molecular complexity index is 640. The van der Waals surface area contributed by atoms with Crippen molar-refractivity contribution in [3.8, 4) is 0 Å². The molecular weight excluding hydrogens is 333 g/mol. The van der Waals surface area contributed by atoms with Crippen LogP contribution in [0.3, 0.4) is 0 Å². The first-order chi connectivity index (χ1) is 11.1. The van der Waals surface area contributed by atoms with Crippen molar-refractivity contribution in [3.63, 3.8) is 0 Å². The number of rotatable bonds is 6. The summed E-state index contributed by atoms with van der Waals surface area (Å²) >= 11 is 12.2. The monoisotopic (exact) mass is 353 g/mol. The maximum Gasteiger partial charge on any atom is 0.191 e. The molecule has 5 nitrogen and oxygen atoms in total. The molecule has 1 unspecified atom stereocenters. The highest BCUT2D eigenvalue weighted by molar-refractivity contribution is 6.35. The van der Waals surface area contributed by atoms with Gasteiger partial charge in [0.25, 0.3) is 0 Å². The number of nitrogens with zero attached hydrogens (tertiary/aromatic N) is 3. The molecule has 0 aliphatic rings. The first-order valence-electron chi connectivity index (χ1n) is 7.57. The minimum absolute atomic E-state index is 0.0160. The summed E-state index contributed by atoms with van der Waals surface area (Å²) in [6, 6.07) is 7.43. The van der Waals surface area contributed by atoms with Crippen LogP contribution in [0.4, 0.5) is 0 Å². The lowest BCUT2D eigenvalue weighted by atomic mass is 10.1. The number of guanidine groups is 1. The highest BCUT2D eigenvalue weighted by atomic mass is 35.5. The SMILES string of the molecule is CCNC(=NCCn1cccn1)NC(C)c1ccc(Cl)cc1Cl. The van der Waals surface area contributed by atoms with Gasteiger partial charge in [-0.05, 0) is 37.6 Å². The summed E-state index contributed by atoms with van der Waals surface area (Å²) in [5, 5.41) is 12.0. The molecule has 0 saturated carbocycles. The van der Waals surface area contributed by atoms with Crippen LogP contribution in [0.15, 0.2) is 41.7 Å². The molecule has 23 heavy (non-hydrogen) atoms. The van der Waals surface area contributed by atoms with E-state index in [9.17, 15) is 0 Å². The van der Waals surface area contributed by atoms with Crippen molar-refractivity contribution in [3.05, 3.63) is 52.3 Å². The first-order valence-corrected chi connectivity index (χ1v) is 8.33. The molecule has 0 bridgehead atoms. The van der Waals surface area contributed by atoms with Gasteiger partial charge in [-0.2, -0.15) is 5.10 Å². The molecule has 0 fully saturated rings. The maximum atomic E-state index is 6.26. The lowest BCUT2D eigenvalue weighted by Crippen LogP contribution is -2.39. The minimum Gasteiger partial charge on any atom is -0.357 e. The Balaban J connectivity index is 1.99. The third-order valence-electron chi connectivity index (χ3n) is 3.28. The zero-order valence-corrected chi connectivity index (χ0v) is 14.8. The Morgan fingerprint density at radius 3 is 2.87 bits per heavy atom. The number of hydrogen-bond acceptors (Lipinski definition) is 2. The van der Waals surface area contributed by atoms with Crippen molar-refractivity contribution in [2.24, 2.45) is 4.99 Å². The molecule has 1 atom stereocenters. The molecule has 0 saturated heterocycles. The summed E-state index contributed by atoms with van der Waals surface area (Å²) in [5.74, 6) is 0.748. The molecule has 1 heterocycles. The van der Waals surface area contributed by atoms with Crippen LogP contribution < -0.4 is 10.6 Å². The highest BCUT2D eigenvalue weighted by Gasteiger charge is 2.11. The average Bonchev–Trinajstić information content (AvgIpc) is 3.00. The van der Waals surface area contributed by atoms with Crippen LogP contribution in [0.25, 0.3) is 0 Å². The second-order valence-corrected chi connectivity index (χ2v) is 5.91. The summed E-state index contributed by atoms with van der Waals surface area (Å²) < 4.78 is 1.85. The summed E-state index contributed by atoms with van der Waals surface area (Å²) in [6.07, 6.45) is 3.68. The summed E-state index contributed by atoms with van der Waals surface area (Å²) in [5.41, 5.74) is 0.980. The van der Waals surface area contributed by atoms with Crippen LogP contribution >= 0.6 is 23.2 Å². The molecule has 2 rings (SSSR count). The molecular formula is C16H21Cl2N5. The molecule has 124 valence electrons. The van der Waals surface area contributed by atoms with Crippen molar-refractivity contribution < 1.29 is 0 Å². The second kappa shape index (κ2) is 8.79. The third-order valence-corrected chi connectivity index (χ3v) is 3.85. The first kappa shape index (κ1) is 17.6. The average molecular weight is 354 g/mol. The number of hydrogen-bond donors (Lipinski definition) is 2. The van der Waals surface area contributed by atoms with Gasteiger partial charge in [-0.15, -0.1) is 0 Å². The fraction of sp³-hybridized carbons (Fsp3) is 0.375. The van der Waals surface area contributed by atoms with Crippen LogP contribution in [-0.2, 0) is 6.54 Å². The quantitative estimate of drug-likeness (QED) is 0.617. The maximum absolute atomic E-state index is 6.26. The minimum atomic E-state index is 0.0160. The van der Waals surface area contributed by atoms with Crippen molar-refractivity contribution in [2.45, 2.75) is 26.4 Å². The molecule has 0 aliphatic carbocycles. The number of halogens is 2. The number of aliphatic imine (C=N–C) groups is 1. The van der Waals surface area contributed by atoms with E-state index in [1.807, 2.05) is 42.9 Å². The molecule has 0 spiro atoms. The number of benzene rings is 1. The van der Waals surface area contributed by atoms with Crippen molar-refractivity contribution >= 4 is 29.2 Å². The summed E-state index contributed by atoms with van der Waals surface area (Å²) in [7, 11) is 0. The highest BCUT2D eigenvalue weighted by Crippen LogP contribution is 2.25. The second-order valence-electron chi connectivity index (χ2n) is 5.06. The zero-order valence-electron chi connectivity index (χ0n) is 13.3. The van der Waals surface area contributed by atoms with Gasteiger partial charge >= 0.3 is 0 Å². The van der Waals surface area contributed by atoms with E-state index in [0.29, 0.717) is 16.6 Å². The summed E-state index contributed by atoms with van der Waals surface area (Å²) in [6.45, 7) is 6.23. The zero-order chi connectivity index (χ0) is 16.7. The topological polar surface area (TPSA) is 54.2 Å². The third kappa shape index (κ3) is 5.44. The molecule has 7 heteroatoms. The van der Waals surface area contributed by atoms with Crippen LogP contribution in [0.5, 0.6) is 0 Å². The van der Waals surface area contributed by atoms with E-state index >= 15 is 0 Å². The normalized spacial score (nSPS) is 13.0. The van der Waals surface area contributed by atoms with Gasteiger partial charge in [0.15, 0.2) is 5.96 Å². The molecule has 0 aliphatic heterocycles. The standard InChI is InChI=1S/C16H21Cl2N5/c1-3-19-16(20-8-10-23-9-4-7-21-23)22-12(2)14-6-5-13(17)11-15(14)18/h4-7,9,11-12H,3,8,10H2,1-2H3,(H2,19,20,22). The van der Waals surface area contributed by atoms with E-state index in [1.54, 1.807) is 12.3 Å². The van der Waals surface area contributed by atoms with E-state index in [0.717, 1.165) is 24.6 Å². The fourth-order valence-electron chi connectivity index (χ4n) is 2.15. The molecule has 2 N–H and O–H groups in total. The van der Waals surface area contributed by atoms with Gasteiger partial charge in [0.05, 0.1) is 19.1 Å². The van der Waals surface area contributed by atoms with Gasteiger partial charge in [0.1, 0.15) is 0 Å². The molecule has 0 amide bonds. The van der Waals surface area contributed by atoms with E-state index in [-0.39, 0.29) is 6.04 Å². The van der Waals surface area contributed by atoms with Crippen LogP contribution in [0.2, 0.25) is 10.0 Å². The van der Waals surface area contributed by atoms with Gasteiger partial charge in [0.2, 0.25) is 0 Å². The largest absolute Gasteiger partial charge is 0.357 e. The van der Waals surface area contributed by atoms with Crippen LogP contribution in [0, 0.1) is 0 Å². The Hall–Kier alpha value is -1.72. The molecule has 1 aromatic heterocycles. The van der Waals surface area contributed by atoms with E-state index in [1.165, 1.54) is 0 Å². The Morgan fingerprint density at radius 1 is 1.39 bits per heavy atom. The number of aromatic nitrogens is 2. The van der Waals surface area contributed by atoms with Crippen LogP contribution in [0.1, 0.15) is 25.5 Å². The predicted octanol–water partition coefficient (Wildman–Crippen LogP) is 3.51. The van der Waals surface area contributed by atoms with Crippen molar-refractivity contribution in [2.75, 3.05) is 13.1 Å². The van der Waals surface area contributed by atoms with E-state index in [2.05, 4.69) is 20.7 Å². The van der Waals surface area contributed by atoms with Crippen molar-refractivity contribution in [1.82, 2.24) is 20.4 Å². The van der Waals surface area contributed by atoms with Gasteiger partial charge < -0.3 is 10.6 Å². The number of nitrogens with one attached hydrogen (secondary N) is 2.